The number of rotatable bonds is 10. The van der Waals surface area contributed by atoms with Crippen molar-refractivity contribution in [3.63, 3.8) is 0 Å². The molecule has 0 saturated heterocycles. The van der Waals surface area contributed by atoms with Gasteiger partial charge in [0, 0.05) is 55.4 Å². The monoisotopic (exact) mass is 411 g/mol. The van der Waals surface area contributed by atoms with Crippen molar-refractivity contribution >= 4 is 17.3 Å². The molecule has 9 nitrogen and oxygen atoms in total. The van der Waals surface area contributed by atoms with Crippen molar-refractivity contribution in [2.24, 2.45) is 16.6 Å². The second-order valence-electron chi connectivity index (χ2n) is 7.16. The summed E-state index contributed by atoms with van der Waals surface area (Å²) in [5, 5.41) is 27.3. The molecule has 4 N–H and O–H groups in total. The molecule has 160 valence electrons. The number of nitrogens with zero attached hydrogens (tertiary/aromatic N) is 6. The number of hydrogen-bond acceptors (Lipinski definition) is 7. The summed E-state index contributed by atoms with van der Waals surface area (Å²) in [5.74, 6) is -0.298. The van der Waals surface area contributed by atoms with Crippen LogP contribution in [-0.2, 0) is 0 Å². The Labute approximate surface area is 175 Å². The zero-order valence-corrected chi connectivity index (χ0v) is 17.4. The van der Waals surface area contributed by atoms with Crippen LogP contribution in [-0.4, -0.2) is 60.6 Å². The van der Waals surface area contributed by atoms with Crippen molar-refractivity contribution in [1.29, 1.82) is 0 Å². The second kappa shape index (κ2) is 10.1. The summed E-state index contributed by atoms with van der Waals surface area (Å²) in [6.45, 7) is 4.34. The average Bonchev–Trinajstić information content (AvgIpc) is 3.44. The number of aliphatic hydroxyl groups is 2. The zero-order chi connectivity index (χ0) is 21.5. The quantitative estimate of drug-likeness (QED) is 0.438. The third-order valence-electron chi connectivity index (χ3n) is 5.17. The number of aliphatic imine (C=N–C) groups is 1. The molecule has 0 radical (unpaired) electrons. The molecule has 0 aliphatic rings. The minimum atomic E-state index is -0.298. The van der Waals surface area contributed by atoms with Crippen LogP contribution < -0.4 is 5.73 Å². The lowest BCUT2D eigenvalue weighted by atomic mass is 10.1. The standard InChI is InChI=1S/C21H29N7O2/c1-3-18(4-2)27-11-17(10-25-27)21-20-5-6-24-28(20)12-19(26-21)16(7-22)9-23-8-15(13-29)14-30/h5-7,9-12,15,18,29-30H,3-4,8,13-14,22H2,1-2H3. The number of fused-ring (bicyclic) bond motifs is 1. The van der Waals surface area contributed by atoms with Crippen LogP contribution in [0.2, 0.25) is 0 Å². The molecular formula is C21H29N7O2. The fraction of sp³-hybridized carbons (Fsp3) is 0.429. The van der Waals surface area contributed by atoms with Crippen molar-refractivity contribution in [3.05, 3.63) is 42.7 Å². The van der Waals surface area contributed by atoms with E-state index in [0.29, 0.717) is 23.9 Å². The summed E-state index contributed by atoms with van der Waals surface area (Å²) in [5.41, 5.74) is 9.62. The van der Waals surface area contributed by atoms with Crippen LogP contribution in [0.15, 0.2) is 42.0 Å². The molecule has 3 aromatic rings. The number of aliphatic hydroxyl groups excluding tert-OH is 2. The van der Waals surface area contributed by atoms with E-state index in [1.807, 2.05) is 23.1 Å². The molecule has 30 heavy (non-hydrogen) atoms. The third kappa shape index (κ3) is 4.58. The maximum absolute atomic E-state index is 9.19. The maximum Gasteiger partial charge on any atom is 0.0999 e. The predicted molar refractivity (Wildman–Crippen MR) is 117 cm³/mol. The van der Waals surface area contributed by atoms with Gasteiger partial charge in [-0.2, -0.15) is 10.2 Å². The van der Waals surface area contributed by atoms with E-state index in [0.717, 1.165) is 29.6 Å². The van der Waals surface area contributed by atoms with Crippen LogP contribution in [0.3, 0.4) is 0 Å². The summed E-state index contributed by atoms with van der Waals surface area (Å²) in [6.07, 6.45) is 12.4. The molecule has 9 heteroatoms. The van der Waals surface area contributed by atoms with Gasteiger partial charge in [0.2, 0.25) is 0 Å². The summed E-state index contributed by atoms with van der Waals surface area (Å²) >= 11 is 0. The number of hydrogen-bond donors (Lipinski definition) is 3. The Balaban J connectivity index is 1.97. The molecule has 0 atom stereocenters. The molecule has 3 aromatic heterocycles. The zero-order valence-electron chi connectivity index (χ0n) is 17.4. The Morgan fingerprint density at radius 3 is 2.63 bits per heavy atom. The highest BCUT2D eigenvalue weighted by molar-refractivity contribution is 6.09. The van der Waals surface area contributed by atoms with Crippen LogP contribution in [0.1, 0.15) is 38.4 Å². The minimum absolute atomic E-state index is 0.127. The highest BCUT2D eigenvalue weighted by atomic mass is 16.3. The van der Waals surface area contributed by atoms with Gasteiger partial charge in [-0.15, -0.1) is 0 Å². The van der Waals surface area contributed by atoms with Crippen molar-refractivity contribution in [1.82, 2.24) is 24.4 Å². The van der Waals surface area contributed by atoms with E-state index in [-0.39, 0.29) is 19.1 Å². The maximum atomic E-state index is 9.19. The molecule has 0 aliphatic carbocycles. The van der Waals surface area contributed by atoms with E-state index in [1.54, 1.807) is 23.1 Å². The Hall–Kier alpha value is -3.04. The molecule has 0 saturated carbocycles. The first-order chi connectivity index (χ1) is 14.6. The van der Waals surface area contributed by atoms with Crippen molar-refractivity contribution in [3.8, 4) is 11.3 Å². The molecule has 0 aromatic carbocycles. The van der Waals surface area contributed by atoms with Gasteiger partial charge in [0.15, 0.2) is 0 Å². The van der Waals surface area contributed by atoms with E-state index in [1.165, 1.54) is 6.20 Å². The molecule has 0 unspecified atom stereocenters. The number of allylic oxidation sites excluding steroid dienone is 1. The Bertz CT molecular complexity index is 1010. The molecule has 3 heterocycles. The lowest BCUT2D eigenvalue weighted by Gasteiger charge is -2.12. The first-order valence-corrected chi connectivity index (χ1v) is 10.2. The Kier molecular flexibility index (Phi) is 7.31. The number of aromatic nitrogens is 5. The van der Waals surface area contributed by atoms with Crippen LogP contribution in [0, 0.1) is 5.92 Å². The van der Waals surface area contributed by atoms with Gasteiger partial charge in [-0.25, -0.2) is 9.50 Å². The molecule has 3 rings (SSSR count). The van der Waals surface area contributed by atoms with Crippen LogP contribution in [0.4, 0.5) is 0 Å². The fourth-order valence-corrected chi connectivity index (χ4v) is 3.27. The van der Waals surface area contributed by atoms with Crippen molar-refractivity contribution in [2.75, 3.05) is 19.8 Å². The van der Waals surface area contributed by atoms with Crippen LogP contribution in [0.25, 0.3) is 22.3 Å². The highest BCUT2D eigenvalue weighted by Gasteiger charge is 2.15. The smallest absolute Gasteiger partial charge is 0.0999 e. The van der Waals surface area contributed by atoms with Crippen LogP contribution in [0.5, 0.6) is 0 Å². The van der Waals surface area contributed by atoms with Gasteiger partial charge in [0.05, 0.1) is 41.5 Å². The van der Waals surface area contributed by atoms with Gasteiger partial charge >= 0.3 is 0 Å². The summed E-state index contributed by atoms with van der Waals surface area (Å²) in [4.78, 5) is 9.13. The van der Waals surface area contributed by atoms with Gasteiger partial charge in [-0.05, 0) is 18.9 Å². The van der Waals surface area contributed by atoms with Gasteiger partial charge < -0.3 is 15.9 Å². The summed E-state index contributed by atoms with van der Waals surface area (Å²) < 4.78 is 3.75. The van der Waals surface area contributed by atoms with Crippen molar-refractivity contribution in [2.45, 2.75) is 32.7 Å². The SMILES string of the molecule is CCC(CC)n1cc(-c2nc(C(C=NCC(CO)CO)=CN)cn3nccc23)cn1. The van der Waals surface area contributed by atoms with E-state index in [9.17, 15) is 10.2 Å². The molecule has 0 spiro atoms. The molecule has 0 amide bonds. The molecular weight excluding hydrogens is 382 g/mol. The third-order valence-corrected chi connectivity index (χ3v) is 5.17. The minimum Gasteiger partial charge on any atom is -0.404 e. The Morgan fingerprint density at radius 2 is 1.97 bits per heavy atom. The first kappa shape index (κ1) is 21.7. The second-order valence-corrected chi connectivity index (χ2v) is 7.16. The number of nitrogens with two attached hydrogens (primary N) is 1. The lowest BCUT2D eigenvalue weighted by molar-refractivity contribution is 0.155. The summed E-state index contributed by atoms with van der Waals surface area (Å²) in [6, 6.07) is 2.26. The Morgan fingerprint density at radius 1 is 1.20 bits per heavy atom. The first-order valence-electron chi connectivity index (χ1n) is 10.2. The molecule has 0 bridgehead atoms. The molecule has 0 fully saturated rings. The van der Waals surface area contributed by atoms with E-state index in [2.05, 4.69) is 29.0 Å². The largest absolute Gasteiger partial charge is 0.404 e. The predicted octanol–water partition coefficient (Wildman–Crippen LogP) is 1.93. The van der Waals surface area contributed by atoms with Crippen molar-refractivity contribution < 1.29 is 10.2 Å². The van der Waals surface area contributed by atoms with Crippen LogP contribution >= 0.6 is 0 Å². The lowest BCUT2D eigenvalue weighted by Crippen LogP contribution is -2.14. The van der Waals surface area contributed by atoms with Gasteiger partial charge in [0.25, 0.3) is 0 Å². The van der Waals surface area contributed by atoms with E-state index in [4.69, 9.17) is 10.7 Å². The fourth-order valence-electron chi connectivity index (χ4n) is 3.27. The van der Waals surface area contributed by atoms with Gasteiger partial charge in [0.1, 0.15) is 0 Å². The van der Waals surface area contributed by atoms with E-state index >= 15 is 0 Å². The molecule has 0 aliphatic heterocycles. The van der Waals surface area contributed by atoms with Gasteiger partial charge in [-0.1, -0.05) is 13.8 Å². The average molecular weight is 412 g/mol. The van der Waals surface area contributed by atoms with Gasteiger partial charge in [-0.3, -0.25) is 9.67 Å². The topological polar surface area (TPSA) is 127 Å². The van der Waals surface area contributed by atoms with E-state index < -0.39 is 0 Å². The highest BCUT2D eigenvalue weighted by Crippen LogP contribution is 2.26. The normalized spacial score (nSPS) is 12.8. The summed E-state index contributed by atoms with van der Waals surface area (Å²) in [7, 11) is 0.